The predicted octanol–water partition coefficient (Wildman–Crippen LogP) is 1.75. The molecule has 0 aliphatic rings. The van der Waals surface area contributed by atoms with Crippen LogP contribution in [0.3, 0.4) is 0 Å². The number of Topliss-reactive ketones (excluding diaryl/α,β-unsaturated/α-hetero) is 1. The summed E-state index contributed by atoms with van der Waals surface area (Å²) >= 11 is 0. The number of ether oxygens (including phenoxy) is 1. The van der Waals surface area contributed by atoms with Crippen molar-refractivity contribution in [3.63, 3.8) is 0 Å². The number of methoxy groups -OCH3 is 1. The maximum absolute atomic E-state index is 13.3. The van der Waals surface area contributed by atoms with E-state index in [1.807, 2.05) is 0 Å². The number of halogens is 1. The van der Waals surface area contributed by atoms with Gasteiger partial charge in [-0.05, 0) is 25.0 Å². The molecule has 0 aromatic heterocycles. The smallest absolute Gasteiger partial charge is 0.316 e. The van der Waals surface area contributed by atoms with Gasteiger partial charge in [0.2, 0.25) is 0 Å². The second-order valence-corrected chi connectivity index (χ2v) is 3.48. The Kier molecular flexibility index (Phi) is 4.17. The number of hydrogen-bond donors (Lipinski definition) is 0. The lowest BCUT2D eigenvalue weighted by atomic mass is 9.96. The van der Waals surface area contributed by atoms with Crippen LogP contribution in [0.1, 0.15) is 12.5 Å². The monoisotopic (exact) mass is 224 g/mol. The fraction of sp³-hybridized carbons (Fsp3) is 0.333. The number of rotatable bonds is 4. The van der Waals surface area contributed by atoms with E-state index in [0.717, 1.165) is 0 Å². The van der Waals surface area contributed by atoms with E-state index in [0.29, 0.717) is 5.56 Å². The Morgan fingerprint density at radius 1 is 1.38 bits per heavy atom. The van der Waals surface area contributed by atoms with Crippen LogP contribution < -0.4 is 0 Å². The summed E-state index contributed by atoms with van der Waals surface area (Å²) in [5.74, 6) is -2.30. The summed E-state index contributed by atoms with van der Waals surface area (Å²) in [6, 6.07) is 6.06. The molecule has 3 nitrogen and oxygen atoms in total. The van der Waals surface area contributed by atoms with E-state index in [1.165, 1.54) is 20.1 Å². The molecule has 0 aliphatic heterocycles. The highest BCUT2D eigenvalue weighted by atomic mass is 19.1. The zero-order valence-electron chi connectivity index (χ0n) is 9.20. The van der Waals surface area contributed by atoms with Crippen molar-refractivity contribution in [1.82, 2.24) is 0 Å². The highest BCUT2D eigenvalue weighted by molar-refractivity contribution is 5.97. The molecule has 0 N–H and O–H groups in total. The lowest BCUT2D eigenvalue weighted by molar-refractivity contribution is -0.148. The minimum atomic E-state index is -0.929. The minimum Gasteiger partial charge on any atom is -0.468 e. The van der Waals surface area contributed by atoms with Crippen molar-refractivity contribution >= 4 is 11.8 Å². The van der Waals surface area contributed by atoms with Gasteiger partial charge >= 0.3 is 5.97 Å². The number of carbonyl (C=O) groups excluding carboxylic acids is 2. The molecule has 0 saturated heterocycles. The van der Waals surface area contributed by atoms with Crippen LogP contribution in [-0.4, -0.2) is 18.9 Å². The molecule has 0 fully saturated rings. The number of benzene rings is 1. The van der Waals surface area contributed by atoms with Crippen LogP contribution in [0.25, 0.3) is 0 Å². The lowest BCUT2D eigenvalue weighted by Gasteiger charge is -2.11. The summed E-state index contributed by atoms with van der Waals surface area (Å²) in [4.78, 5) is 22.5. The molecule has 1 unspecified atom stereocenters. The molecule has 1 rings (SSSR count). The molecule has 0 bridgehead atoms. The van der Waals surface area contributed by atoms with Crippen molar-refractivity contribution in [2.45, 2.75) is 13.3 Å². The van der Waals surface area contributed by atoms with E-state index in [9.17, 15) is 14.0 Å². The standard InChI is InChI=1S/C12H13FO3/c1-8(14)10(12(15)16-2)7-9-5-3-4-6-11(9)13/h3-6,10H,7H2,1-2H3. The molecule has 0 aliphatic carbocycles. The van der Waals surface area contributed by atoms with E-state index in [2.05, 4.69) is 4.74 Å². The molecule has 1 atom stereocenters. The quantitative estimate of drug-likeness (QED) is 0.578. The summed E-state index contributed by atoms with van der Waals surface area (Å²) in [5, 5.41) is 0. The third kappa shape index (κ3) is 2.89. The third-order valence-electron chi connectivity index (χ3n) is 2.36. The fourth-order valence-electron chi connectivity index (χ4n) is 1.42. The van der Waals surface area contributed by atoms with Crippen LogP contribution in [0.4, 0.5) is 4.39 Å². The van der Waals surface area contributed by atoms with Gasteiger partial charge in [-0.2, -0.15) is 0 Å². The first-order chi connectivity index (χ1) is 7.56. The van der Waals surface area contributed by atoms with Gasteiger partial charge in [0, 0.05) is 0 Å². The van der Waals surface area contributed by atoms with Gasteiger partial charge in [-0.3, -0.25) is 9.59 Å². The largest absolute Gasteiger partial charge is 0.468 e. The van der Waals surface area contributed by atoms with Gasteiger partial charge in [-0.1, -0.05) is 18.2 Å². The van der Waals surface area contributed by atoms with Crippen molar-refractivity contribution < 1.29 is 18.7 Å². The molecule has 4 heteroatoms. The maximum Gasteiger partial charge on any atom is 0.316 e. The van der Waals surface area contributed by atoms with Crippen molar-refractivity contribution in [3.05, 3.63) is 35.6 Å². The van der Waals surface area contributed by atoms with Gasteiger partial charge in [0.1, 0.15) is 17.5 Å². The number of carbonyl (C=O) groups is 2. The first kappa shape index (κ1) is 12.4. The van der Waals surface area contributed by atoms with Crippen LogP contribution in [0, 0.1) is 11.7 Å². The molecule has 1 aromatic carbocycles. The Hall–Kier alpha value is -1.71. The molecule has 1 aromatic rings. The highest BCUT2D eigenvalue weighted by Gasteiger charge is 2.25. The molecule has 0 amide bonds. The van der Waals surface area contributed by atoms with E-state index >= 15 is 0 Å². The normalized spacial score (nSPS) is 11.9. The van der Waals surface area contributed by atoms with Crippen LogP contribution in [-0.2, 0) is 20.7 Å². The number of ketones is 1. The third-order valence-corrected chi connectivity index (χ3v) is 2.36. The summed E-state index contributed by atoms with van der Waals surface area (Å²) in [7, 11) is 1.21. The lowest BCUT2D eigenvalue weighted by Crippen LogP contribution is -2.25. The summed E-state index contributed by atoms with van der Waals surface area (Å²) in [5.41, 5.74) is 0.341. The van der Waals surface area contributed by atoms with Crippen LogP contribution >= 0.6 is 0 Å². The zero-order chi connectivity index (χ0) is 12.1. The average molecular weight is 224 g/mol. The number of hydrogen-bond acceptors (Lipinski definition) is 3. The van der Waals surface area contributed by atoms with Crippen LogP contribution in [0.5, 0.6) is 0 Å². The molecule has 0 radical (unpaired) electrons. The fourth-order valence-corrected chi connectivity index (χ4v) is 1.42. The topological polar surface area (TPSA) is 43.4 Å². The molecule has 0 saturated carbocycles. The van der Waals surface area contributed by atoms with Gasteiger partial charge in [-0.15, -0.1) is 0 Å². The molecule has 0 heterocycles. The predicted molar refractivity (Wildman–Crippen MR) is 56.3 cm³/mol. The van der Waals surface area contributed by atoms with Crippen molar-refractivity contribution in [2.75, 3.05) is 7.11 Å². The highest BCUT2D eigenvalue weighted by Crippen LogP contribution is 2.14. The van der Waals surface area contributed by atoms with Gasteiger partial charge in [0.25, 0.3) is 0 Å². The molecule has 86 valence electrons. The van der Waals surface area contributed by atoms with E-state index < -0.39 is 17.7 Å². The summed E-state index contributed by atoms with van der Waals surface area (Å²) in [6.45, 7) is 1.29. The molecular weight excluding hydrogens is 211 g/mol. The Balaban J connectivity index is 2.88. The van der Waals surface area contributed by atoms with Gasteiger partial charge < -0.3 is 4.74 Å². The second kappa shape index (κ2) is 5.39. The first-order valence-electron chi connectivity index (χ1n) is 4.88. The Morgan fingerprint density at radius 2 is 2.00 bits per heavy atom. The summed E-state index contributed by atoms with van der Waals surface area (Å²) < 4.78 is 17.8. The molecule has 16 heavy (non-hydrogen) atoms. The Labute approximate surface area is 93.2 Å². The average Bonchev–Trinajstić information content (AvgIpc) is 2.26. The van der Waals surface area contributed by atoms with Crippen molar-refractivity contribution in [2.24, 2.45) is 5.92 Å². The first-order valence-corrected chi connectivity index (χ1v) is 4.88. The van der Waals surface area contributed by atoms with E-state index in [4.69, 9.17) is 0 Å². The maximum atomic E-state index is 13.3. The SMILES string of the molecule is COC(=O)C(Cc1ccccc1F)C(C)=O. The van der Waals surface area contributed by atoms with Crippen LogP contribution in [0.2, 0.25) is 0 Å². The van der Waals surface area contributed by atoms with Crippen molar-refractivity contribution in [1.29, 1.82) is 0 Å². The van der Waals surface area contributed by atoms with Crippen LogP contribution in [0.15, 0.2) is 24.3 Å². The zero-order valence-corrected chi connectivity index (χ0v) is 9.20. The van der Waals surface area contributed by atoms with Crippen molar-refractivity contribution in [3.8, 4) is 0 Å². The van der Waals surface area contributed by atoms with Gasteiger partial charge in [0.05, 0.1) is 7.11 Å². The molecular formula is C12H13FO3. The van der Waals surface area contributed by atoms with E-state index in [1.54, 1.807) is 18.2 Å². The van der Waals surface area contributed by atoms with Gasteiger partial charge in [0.15, 0.2) is 0 Å². The second-order valence-electron chi connectivity index (χ2n) is 3.48. The Morgan fingerprint density at radius 3 is 2.50 bits per heavy atom. The molecule has 0 spiro atoms. The van der Waals surface area contributed by atoms with Gasteiger partial charge in [-0.25, -0.2) is 4.39 Å². The number of esters is 1. The summed E-state index contributed by atoms with van der Waals surface area (Å²) in [6.07, 6.45) is 0.0364. The van der Waals surface area contributed by atoms with E-state index in [-0.39, 0.29) is 12.2 Å². The minimum absolute atomic E-state index is 0.0364. The Bertz CT molecular complexity index is 401.